The van der Waals surface area contributed by atoms with Crippen LogP contribution >= 0.6 is 0 Å². The molecule has 1 fully saturated rings. The summed E-state index contributed by atoms with van der Waals surface area (Å²) >= 11 is 0. The number of likely N-dealkylation sites (N-methyl/N-ethyl adjacent to an activating group) is 1. The Morgan fingerprint density at radius 3 is 2.60 bits per heavy atom. The first kappa shape index (κ1) is 13.3. The highest BCUT2D eigenvalue weighted by molar-refractivity contribution is 6.09. The van der Waals surface area contributed by atoms with Gasteiger partial charge in [-0.05, 0) is 34.9 Å². The summed E-state index contributed by atoms with van der Waals surface area (Å²) in [6, 6.07) is 5.68. The van der Waals surface area contributed by atoms with Gasteiger partial charge in [-0.2, -0.15) is 0 Å². The molecule has 4 heteroatoms. The summed E-state index contributed by atoms with van der Waals surface area (Å²) in [5.41, 5.74) is 9.05. The van der Waals surface area contributed by atoms with Crippen LogP contribution in [0, 0.1) is 11.3 Å². The largest absolute Gasteiger partial charge is 0.324 e. The van der Waals surface area contributed by atoms with Crippen LogP contribution in [0.15, 0.2) is 18.2 Å². The minimum Gasteiger partial charge on any atom is -0.324 e. The molecule has 106 valence electrons. The highest BCUT2D eigenvalue weighted by atomic mass is 16.2. The molecule has 20 heavy (non-hydrogen) atoms. The number of carbonyl (C=O) groups is 2. The fourth-order valence-electron chi connectivity index (χ4n) is 3.08. The quantitative estimate of drug-likeness (QED) is 0.836. The van der Waals surface area contributed by atoms with E-state index in [1.54, 1.807) is 0 Å². The van der Waals surface area contributed by atoms with Crippen molar-refractivity contribution in [3.63, 3.8) is 0 Å². The van der Waals surface area contributed by atoms with E-state index in [1.807, 2.05) is 18.2 Å². The van der Waals surface area contributed by atoms with Gasteiger partial charge >= 0.3 is 0 Å². The van der Waals surface area contributed by atoms with Gasteiger partial charge < -0.3 is 5.73 Å². The third-order valence-electron chi connectivity index (χ3n) is 4.79. The fraction of sp³-hybridized carbons (Fsp3) is 0.500. The van der Waals surface area contributed by atoms with Crippen LogP contribution in [0.25, 0.3) is 0 Å². The predicted octanol–water partition coefficient (Wildman–Crippen LogP) is 1.89. The molecule has 2 atom stereocenters. The van der Waals surface area contributed by atoms with Crippen molar-refractivity contribution in [3.8, 4) is 0 Å². The molecule has 3 rings (SSSR count). The molecule has 0 bridgehead atoms. The first-order valence-electron chi connectivity index (χ1n) is 7.00. The van der Waals surface area contributed by atoms with Gasteiger partial charge in [0.2, 0.25) is 5.91 Å². The zero-order valence-electron chi connectivity index (χ0n) is 12.1. The number of imide groups is 1. The van der Waals surface area contributed by atoms with Crippen molar-refractivity contribution in [2.45, 2.75) is 32.7 Å². The molecule has 1 heterocycles. The number of amides is 2. The van der Waals surface area contributed by atoms with Crippen molar-refractivity contribution in [1.29, 1.82) is 0 Å². The maximum atomic E-state index is 12.2. The first-order chi connectivity index (χ1) is 9.31. The van der Waals surface area contributed by atoms with Gasteiger partial charge in [-0.1, -0.05) is 26.0 Å². The molecular weight excluding hydrogens is 252 g/mol. The number of hydrogen-bond acceptors (Lipinski definition) is 3. The summed E-state index contributed by atoms with van der Waals surface area (Å²) in [4.78, 5) is 25.0. The molecule has 4 nitrogen and oxygen atoms in total. The molecule has 1 aliphatic carbocycles. The lowest BCUT2D eigenvalue weighted by Crippen LogP contribution is -2.39. The molecule has 2 amide bonds. The van der Waals surface area contributed by atoms with Crippen molar-refractivity contribution in [2.75, 3.05) is 7.05 Å². The maximum Gasteiger partial charge on any atom is 0.260 e. The Morgan fingerprint density at radius 1 is 1.35 bits per heavy atom. The van der Waals surface area contributed by atoms with Gasteiger partial charge in [0.1, 0.15) is 0 Å². The van der Waals surface area contributed by atoms with Crippen LogP contribution < -0.4 is 5.73 Å². The second-order valence-electron chi connectivity index (χ2n) is 6.68. The van der Waals surface area contributed by atoms with E-state index in [2.05, 4.69) is 13.8 Å². The molecular formula is C16H20N2O2. The average Bonchev–Trinajstić information content (AvgIpc) is 3.04. The van der Waals surface area contributed by atoms with Crippen LogP contribution in [0.1, 0.15) is 47.8 Å². The fourth-order valence-corrected chi connectivity index (χ4v) is 3.08. The van der Waals surface area contributed by atoms with E-state index in [1.165, 1.54) is 11.9 Å². The van der Waals surface area contributed by atoms with E-state index in [-0.39, 0.29) is 17.9 Å². The molecule has 1 aromatic carbocycles. The molecule has 0 spiro atoms. The third kappa shape index (κ3) is 1.95. The average molecular weight is 272 g/mol. The summed E-state index contributed by atoms with van der Waals surface area (Å²) in [5, 5.41) is 0. The van der Waals surface area contributed by atoms with E-state index in [4.69, 9.17) is 5.73 Å². The molecule has 0 saturated heterocycles. The molecule has 0 aromatic heterocycles. The zero-order valence-corrected chi connectivity index (χ0v) is 12.1. The topological polar surface area (TPSA) is 63.4 Å². The lowest BCUT2D eigenvalue weighted by Gasteiger charge is -2.24. The Labute approximate surface area is 118 Å². The molecule has 2 N–H and O–H groups in total. The van der Waals surface area contributed by atoms with Crippen LogP contribution in [0.2, 0.25) is 0 Å². The predicted molar refractivity (Wildman–Crippen MR) is 76.1 cm³/mol. The number of rotatable bonds is 2. The molecule has 0 radical (unpaired) electrons. The molecule has 1 aliphatic heterocycles. The van der Waals surface area contributed by atoms with Crippen molar-refractivity contribution in [2.24, 2.45) is 17.1 Å². The minimum absolute atomic E-state index is 0.0361. The molecule has 1 saturated carbocycles. The van der Waals surface area contributed by atoms with Gasteiger partial charge in [0.05, 0.1) is 6.42 Å². The van der Waals surface area contributed by atoms with E-state index in [0.29, 0.717) is 23.3 Å². The summed E-state index contributed by atoms with van der Waals surface area (Å²) in [6.45, 7) is 4.43. The standard InChI is InChI=1S/C16H20N2O2/c1-16(2)8-12(16)14(17)10-5-4-9-7-13(19)18(3)15(20)11(9)6-10/h4-6,12,14H,7-8,17H2,1-3H3. The highest BCUT2D eigenvalue weighted by Crippen LogP contribution is 2.57. The monoisotopic (exact) mass is 272 g/mol. The number of nitrogens with two attached hydrogens (primary N) is 1. The van der Waals surface area contributed by atoms with Gasteiger partial charge in [-0.25, -0.2) is 0 Å². The molecule has 2 aliphatic rings. The van der Waals surface area contributed by atoms with Crippen LogP contribution in [-0.4, -0.2) is 23.8 Å². The summed E-state index contributed by atoms with van der Waals surface area (Å²) < 4.78 is 0. The van der Waals surface area contributed by atoms with E-state index < -0.39 is 0 Å². The Bertz CT molecular complexity index is 606. The maximum absolute atomic E-state index is 12.2. The smallest absolute Gasteiger partial charge is 0.260 e. The Morgan fingerprint density at radius 2 is 2.00 bits per heavy atom. The second-order valence-corrected chi connectivity index (χ2v) is 6.68. The van der Waals surface area contributed by atoms with Crippen LogP contribution in [0.4, 0.5) is 0 Å². The van der Waals surface area contributed by atoms with Crippen LogP contribution in [0.3, 0.4) is 0 Å². The second kappa shape index (κ2) is 4.16. The first-order valence-corrected chi connectivity index (χ1v) is 7.00. The van der Waals surface area contributed by atoms with Gasteiger partial charge in [-0.15, -0.1) is 0 Å². The number of nitrogens with zero attached hydrogens (tertiary/aromatic N) is 1. The lowest BCUT2D eigenvalue weighted by molar-refractivity contribution is -0.127. The summed E-state index contributed by atoms with van der Waals surface area (Å²) in [6.07, 6.45) is 1.42. The van der Waals surface area contributed by atoms with Crippen LogP contribution in [0.5, 0.6) is 0 Å². The minimum atomic E-state index is -0.222. The summed E-state index contributed by atoms with van der Waals surface area (Å²) in [7, 11) is 1.53. The SMILES string of the molecule is CN1C(=O)Cc2ccc(C(N)C3CC3(C)C)cc2C1=O. The van der Waals surface area contributed by atoms with Gasteiger partial charge in [0, 0.05) is 18.7 Å². The van der Waals surface area contributed by atoms with E-state index in [9.17, 15) is 9.59 Å². The number of hydrogen-bond donors (Lipinski definition) is 1. The van der Waals surface area contributed by atoms with Crippen molar-refractivity contribution < 1.29 is 9.59 Å². The normalized spacial score (nSPS) is 25.4. The Hall–Kier alpha value is -1.68. The van der Waals surface area contributed by atoms with E-state index in [0.717, 1.165) is 17.5 Å². The number of carbonyl (C=O) groups excluding carboxylic acids is 2. The van der Waals surface area contributed by atoms with Gasteiger partial charge in [0.15, 0.2) is 0 Å². The summed E-state index contributed by atoms with van der Waals surface area (Å²) in [5.74, 6) is 0.0989. The zero-order chi connectivity index (χ0) is 14.7. The Balaban J connectivity index is 1.94. The highest BCUT2D eigenvalue weighted by Gasteiger charge is 2.49. The van der Waals surface area contributed by atoms with Crippen molar-refractivity contribution in [1.82, 2.24) is 4.90 Å². The Kier molecular flexibility index (Phi) is 2.77. The van der Waals surface area contributed by atoms with Gasteiger partial charge in [-0.3, -0.25) is 14.5 Å². The lowest BCUT2D eigenvalue weighted by atomic mass is 9.91. The molecule has 1 aromatic rings. The van der Waals surface area contributed by atoms with Gasteiger partial charge in [0.25, 0.3) is 5.91 Å². The number of fused-ring (bicyclic) bond motifs is 1. The third-order valence-corrected chi connectivity index (χ3v) is 4.79. The van der Waals surface area contributed by atoms with Crippen molar-refractivity contribution >= 4 is 11.8 Å². The van der Waals surface area contributed by atoms with E-state index >= 15 is 0 Å². The van der Waals surface area contributed by atoms with Crippen LogP contribution in [-0.2, 0) is 11.2 Å². The number of benzene rings is 1. The molecule has 2 unspecified atom stereocenters. The van der Waals surface area contributed by atoms with Crippen molar-refractivity contribution in [3.05, 3.63) is 34.9 Å².